The average molecular weight is 691 g/mol. The van der Waals surface area contributed by atoms with Gasteiger partial charge in [0.15, 0.2) is 6.23 Å². The molecule has 0 amide bonds. The van der Waals surface area contributed by atoms with E-state index in [4.69, 9.17) is 33.0 Å². The summed E-state index contributed by atoms with van der Waals surface area (Å²) in [7, 11) is 0. The Morgan fingerprint density at radius 3 is 2.43 bits per heavy atom. The highest BCUT2D eigenvalue weighted by molar-refractivity contribution is 7.16. The van der Waals surface area contributed by atoms with E-state index in [1.54, 1.807) is 22.9 Å². The Morgan fingerprint density at radius 2 is 1.78 bits per heavy atom. The molecule has 46 heavy (non-hydrogen) atoms. The fraction of sp³-hybridized carbons (Fsp3) is 0.364. The summed E-state index contributed by atoms with van der Waals surface area (Å²) in [6.07, 6.45) is -2.27. The summed E-state index contributed by atoms with van der Waals surface area (Å²) in [5, 5.41) is 23.0. The Hall–Kier alpha value is -2.92. The highest BCUT2D eigenvalue weighted by Crippen LogP contribution is 2.38. The van der Waals surface area contributed by atoms with Gasteiger partial charge >= 0.3 is 6.18 Å². The standard InChI is InChI=1S/C33H32Cl2F3N5O2S/c1-32(19-45-20-32)39-18-25-29(31(44)41-42-15-3-2-4-16-42)40-43(27-13-10-23(34)17-26(27)35)30(25)28-14-12-24(46-28)11-7-21-5-8-22(9-6-21)33(36,37)38/h5-6,8-10,12-14,17,31,39,41,44H,2-4,15-16,18-20H2,1H3. The SMILES string of the molecule is CC1(NCc2c(C(O)NN3CCCCC3)nn(-c3ccc(Cl)cc3Cl)c2-c2ccc(C#Cc3ccc(C(F)(F)F)cc3)s2)COC1. The van der Waals surface area contributed by atoms with Gasteiger partial charge < -0.3 is 15.2 Å². The van der Waals surface area contributed by atoms with Gasteiger partial charge in [-0.1, -0.05) is 41.5 Å². The number of benzene rings is 2. The number of hydrazine groups is 1. The van der Waals surface area contributed by atoms with Crippen LogP contribution < -0.4 is 10.7 Å². The summed E-state index contributed by atoms with van der Waals surface area (Å²) in [6, 6.07) is 13.7. The molecule has 0 saturated carbocycles. The molecule has 1 unspecified atom stereocenters. The first kappa shape index (κ1) is 33.0. The molecule has 1 atom stereocenters. The van der Waals surface area contributed by atoms with Gasteiger partial charge in [0.1, 0.15) is 5.69 Å². The highest BCUT2D eigenvalue weighted by Gasteiger charge is 2.35. The molecule has 0 bridgehead atoms. The van der Waals surface area contributed by atoms with E-state index in [0.29, 0.717) is 51.6 Å². The number of nitrogens with zero attached hydrogens (tertiary/aromatic N) is 3. The first-order chi connectivity index (χ1) is 22.0. The lowest BCUT2D eigenvalue weighted by Crippen LogP contribution is -2.57. The molecule has 4 heterocycles. The van der Waals surface area contributed by atoms with Crippen molar-refractivity contribution in [2.45, 2.75) is 50.7 Å². The van der Waals surface area contributed by atoms with Gasteiger partial charge in [0, 0.05) is 35.8 Å². The van der Waals surface area contributed by atoms with Crippen LogP contribution in [0.5, 0.6) is 0 Å². The average Bonchev–Trinajstić information content (AvgIpc) is 3.63. The topological polar surface area (TPSA) is 74.6 Å². The van der Waals surface area contributed by atoms with E-state index in [1.807, 2.05) is 17.1 Å². The molecule has 0 radical (unpaired) electrons. The molecule has 3 N–H and O–H groups in total. The van der Waals surface area contributed by atoms with Crippen molar-refractivity contribution in [2.75, 3.05) is 26.3 Å². The van der Waals surface area contributed by atoms with Gasteiger partial charge in [-0.15, -0.1) is 11.3 Å². The molecule has 242 valence electrons. The van der Waals surface area contributed by atoms with Crippen molar-refractivity contribution in [3.63, 3.8) is 0 Å². The van der Waals surface area contributed by atoms with Crippen LogP contribution in [0, 0.1) is 11.8 Å². The number of nitrogens with one attached hydrogen (secondary N) is 2. The zero-order valence-corrected chi connectivity index (χ0v) is 27.3. The zero-order valence-electron chi connectivity index (χ0n) is 24.9. The number of halogens is 5. The number of ether oxygens (including phenoxy) is 1. The van der Waals surface area contributed by atoms with E-state index in [-0.39, 0.29) is 5.54 Å². The summed E-state index contributed by atoms with van der Waals surface area (Å²) in [5.41, 5.74) is 5.30. The minimum Gasteiger partial charge on any atom is -0.377 e. The van der Waals surface area contributed by atoms with Crippen molar-refractivity contribution in [2.24, 2.45) is 0 Å². The quantitative estimate of drug-likeness (QED) is 0.134. The summed E-state index contributed by atoms with van der Waals surface area (Å²) >= 11 is 14.4. The molecule has 2 fully saturated rings. The molecular formula is C33H32Cl2F3N5O2S. The van der Waals surface area contributed by atoms with Crippen LogP contribution in [0.15, 0.2) is 54.6 Å². The van der Waals surface area contributed by atoms with Crippen molar-refractivity contribution in [3.8, 4) is 28.1 Å². The molecule has 2 saturated heterocycles. The second kappa shape index (κ2) is 13.7. The maximum Gasteiger partial charge on any atom is 0.416 e. The number of hydrogen-bond donors (Lipinski definition) is 3. The third-order valence-corrected chi connectivity index (χ3v) is 9.53. The minimum atomic E-state index is -4.41. The molecule has 2 aliphatic heterocycles. The van der Waals surface area contributed by atoms with Crippen molar-refractivity contribution in [1.82, 2.24) is 25.5 Å². The number of aliphatic hydroxyl groups excluding tert-OH is 1. The Kier molecular flexibility index (Phi) is 9.80. The lowest BCUT2D eigenvalue weighted by Gasteiger charge is -2.39. The maximum absolute atomic E-state index is 13.0. The van der Waals surface area contributed by atoms with Crippen LogP contribution in [-0.2, 0) is 17.5 Å². The van der Waals surface area contributed by atoms with Crippen LogP contribution in [0.25, 0.3) is 16.3 Å². The van der Waals surface area contributed by atoms with Gasteiger partial charge in [-0.05, 0) is 74.4 Å². The second-order valence-electron chi connectivity index (χ2n) is 11.7. The normalized spacial score (nSPS) is 17.3. The lowest BCUT2D eigenvalue weighted by molar-refractivity contribution is -0.137. The molecule has 2 aromatic carbocycles. The van der Waals surface area contributed by atoms with E-state index >= 15 is 0 Å². The van der Waals surface area contributed by atoms with Crippen LogP contribution in [0.1, 0.15) is 59.7 Å². The molecule has 2 aromatic heterocycles. The third-order valence-electron chi connectivity index (χ3n) is 7.99. The Morgan fingerprint density at radius 1 is 1.04 bits per heavy atom. The molecular weight excluding hydrogens is 658 g/mol. The van der Waals surface area contributed by atoms with Crippen LogP contribution >= 0.6 is 34.5 Å². The molecule has 2 aliphatic rings. The lowest BCUT2D eigenvalue weighted by atomic mass is 9.99. The fourth-order valence-electron chi connectivity index (χ4n) is 5.42. The predicted octanol–water partition coefficient (Wildman–Crippen LogP) is 7.19. The number of alkyl halides is 3. The van der Waals surface area contributed by atoms with E-state index in [1.165, 1.54) is 23.5 Å². The number of hydrogen-bond acceptors (Lipinski definition) is 7. The van der Waals surface area contributed by atoms with Crippen molar-refractivity contribution in [1.29, 1.82) is 0 Å². The minimum absolute atomic E-state index is 0.229. The van der Waals surface area contributed by atoms with Crippen LogP contribution in [0.3, 0.4) is 0 Å². The first-order valence-electron chi connectivity index (χ1n) is 14.9. The smallest absolute Gasteiger partial charge is 0.377 e. The van der Waals surface area contributed by atoms with Gasteiger partial charge in [0.05, 0.1) is 50.5 Å². The predicted molar refractivity (Wildman–Crippen MR) is 174 cm³/mol. The van der Waals surface area contributed by atoms with Gasteiger partial charge in [0.25, 0.3) is 0 Å². The van der Waals surface area contributed by atoms with Gasteiger partial charge in [-0.2, -0.15) is 18.3 Å². The van der Waals surface area contributed by atoms with E-state index < -0.39 is 18.0 Å². The highest BCUT2D eigenvalue weighted by atomic mass is 35.5. The third kappa shape index (κ3) is 7.46. The van der Waals surface area contributed by atoms with Crippen LogP contribution in [-0.4, -0.2) is 51.7 Å². The van der Waals surface area contributed by atoms with Crippen LogP contribution in [0.4, 0.5) is 13.2 Å². The van der Waals surface area contributed by atoms with Gasteiger partial charge in [-0.25, -0.2) is 15.1 Å². The van der Waals surface area contributed by atoms with Crippen molar-refractivity contribution in [3.05, 3.63) is 91.9 Å². The largest absolute Gasteiger partial charge is 0.416 e. The number of aromatic nitrogens is 2. The zero-order chi connectivity index (χ0) is 32.5. The number of piperidine rings is 1. The molecule has 13 heteroatoms. The summed E-state index contributed by atoms with van der Waals surface area (Å²) in [6.45, 7) is 5.24. The Bertz CT molecular complexity index is 1750. The second-order valence-corrected chi connectivity index (χ2v) is 13.6. The fourth-order valence-corrected chi connectivity index (χ4v) is 6.83. The summed E-state index contributed by atoms with van der Waals surface area (Å²) in [5.74, 6) is 6.04. The van der Waals surface area contributed by atoms with Crippen molar-refractivity contribution >= 4 is 34.5 Å². The summed E-state index contributed by atoms with van der Waals surface area (Å²) in [4.78, 5) is 1.52. The van der Waals surface area contributed by atoms with E-state index in [2.05, 4.69) is 29.5 Å². The van der Waals surface area contributed by atoms with E-state index in [0.717, 1.165) is 60.6 Å². The Labute approximate surface area is 279 Å². The molecule has 4 aromatic rings. The maximum atomic E-state index is 13.0. The van der Waals surface area contributed by atoms with E-state index in [9.17, 15) is 18.3 Å². The van der Waals surface area contributed by atoms with Gasteiger partial charge in [0.2, 0.25) is 0 Å². The van der Waals surface area contributed by atoms with Gasteiger partial charge in [-0.3, -0.25) is 0 Å². The number of rotatable bonds is 8. The first-order valence-corrected chi connectivity index (χ1v) is 16.4. The number of thiophene rings is 1. The molecule has 7 nitrogen and oxygen atoms in total. The molecule has 6 rings (SSSR count). The monoisotopic (exact) mass is 689 g/mol. The summed E-state index contributed by atoms with van der Waals surface area (Å²) < 4.78 is 46.2. The van der Waals surface area contributed by atoms with Crippen LogP contribution in [0.2, 0.25) is 10.0 Å². The molecule has 0 aliphatic carbocycles. The van der Waals surface area contributed by atoms with Crippen molar-refractivity contribution < 1.29 is 23.0 Å². The molecule has 0 spiro atoms. The Balaban J connectivity index is 1.41. The number of aliphatic hydroxyl groups is 1.